The highest BCUT2D eigenvalue weighted by molar-refractivity contribution is 5.95. The third-order valence-corrected chi connectivity index (χ3v) is 3.88. The number of hydrogen-bond donors (Lipinski definition) is 1. The van der Waals surface area contributed by atoms with E-state index in [-0.39, 0.29) is 5.91 Å². The maximum atomic E-state index is 12.8. The van der Waals surface area contributed by atoms with E-state index in [1.165, 1.54) is 0 Å². The molecule has 0 saturated heterocycles. The van der Waals surface area contributed by atoms with Crippen LogP contribution in [-0.2, 0) is 6.54 Å². The number of carbonyl (C=O) groups excluding carboxylic acids is 1. The molecule has 0 bridgehead atoms. The number of carbonyl (C=O) groups is 1. The van der Waals surface area contributed by atoms with Crippen molar-refractivity contribution in [3.63, 3.8) is 0 Å². The van der Waals surface area contributed by atoms with Crippen molar-refractivity contribution < 1.29 is 23.7 Å². The van der Waals surface area contributed by atoms with Gasteiger partial charge in [0.2, 0.25) is 5.75 Å². The fourth-order valence-electron chi connectivity index (χ4n) is 2.74. The molecular weight excluding hydrogens is 358 g/mol. The van der Waals surface area contributed by atoms with Crippen LogP contribution in [0.3, 0.4) is 0 Å². The first-order chi connectivity index (χ1) is 13.6. The van der Waals surface area contributed by atoms with Crippen LogP contribution in [0.4, 0.5) is 0 Å². The van der Waals surface area contributed by atoms with Crippen LogP contribution in [0.25, 0.3) is 0 Å². The highest BCUT2D eigenvalue weighted by Gasteiger charge is 2.18. The van der Waals surface area contributed by atoms with Gasteiger partial charge in [-0.15, -0.1) is 0 Å². The number of para-hydroxylation sites is 1. The van der Waals surface area contributed by atoms with Gasteiger partial charge in [0.15, 0.2) is 11.5 Å². The highest BCUT2D eigenvalue weighted by Crippen LogP contribution is 2.39. The van der Waals surface area contributed by atoms with Gasteiger partial charge in [0.1, 0.15) is 5.75 Å². The summed E-state index contributed by atoms with van der Waals surface area (Å²) in [6.07, 6.45) is 0. The maximum Gasteiger partial charge on any atom is 0.251 e. The van der Waals surface area contributed by atoms with Crippen molar-refractivity contribution in [1.82, 2.24) is 5.32 Å². The van der Waals surface area contributed by atoms with Crippen LogP contribution in [0.15, 0.2) is 36.4 Å². The number of amides is 1. The Morgan fingerprint density at radius 1 is 0.786 bits per heavy atom. The third-order valence-electron chi connectivity index (χ3n) is 3.88. The highest BCUT2D eigenvalue weighted by atomic mass is 16.5. The predicted molar refractivity (Wildman–Crippen MR) is 109 cm³/mol. The minimum atomic E-state index is -0.226. The quantitative estimate of drug-likeness (QED) is 0.626. The Morgan fingerprint density at radius 3 is 1.89 bits per heavy atom. The van der Waals surface area contributed by atoms with Crippen molar-refractivity contribution in [3.8, 4) is 23.0 Å². The van der Waals surface area contributed by atoms with Crippen molar-refractivity contribution in [2.75, 3.05) is 26.4 Å². The summed E-state index contributed by atoms with van der Waals surface area (Å²) in [7, 11) is 0. The van der Waals surface area contributed by atoms with Crippen molar-refractivity contribution in [3.05, 3.63) is 47.5 Å². The van der Waals surface area contributed by atoms with Gasteiger partial charge >= 0.3 is 0 Å². The average Bonchev–Trinajstić information content (AvgIpc) is 2.70. The second-order valence-corrected chi connectivity index (χ2v) is 5.82. The summed E-state index contributed by atoms with van der Waals surface area (Å²) >= 11 is 0. The van der Waals surface area contributed by atoms with Crippen molar-refractivity contribution in [2.24, 2.45) is 0 Å². The Bertz CT molecular complexity index is 748. The molecule has 0 atom stereocenters. The van der Waals surface area contributed by atoms with Gasteiger partial charge in [-0.05, 0) is 45.9 Å². The lowest BCUT2D eigenvalue weighted by molar-refractivity contribution is 0.0949. The lowest BCUT2D eigenvalue weighted by Crippen LogP contribution is -2.23. The summed E-state index contributed by atoms with van der Waals surface area (Å²) in [4.78, 5) is 12.8. The van der Waals surface area contributed by atoms with E-state index >= 15 is 0 Å². The minimum absolute atomic E-state index is 0.226. The topological polar surface area (TPSA) is 66.0 Å². The fourth-order valence-corrected chi connectivity index (χ4v) is 2.74. The average molecular weight is 387 g/mol. The molecule has 0 aromatic heterocycles. The zero-order valence-corrected chi connectivity index (χ0v) is 17.0. The van der Waals surface area contributed by atoms with E-state index in [1.807, 2.05) is 52.0 Å². The van der Waals surface area contributed by atoms with E-state index in [1.54, 1.807) is 12.1 Å². The summed E-state index contributed by atoms with van der Waals surface area (Å²) in [6, 6.07) is 11.0. The third kappa shape index (κ3) is 5.55. The molecule has 0 unspecified atom stereocenters. The minimum Gasteiger partial charge on any atom is -0.494 e. The number of ether oxygens (including phenoxy) is 4. The number of rotatable bonds is 11. The Labute approximate surface area is 166 Å². The molecule has 6 heteroatoms. The van der Waals surface area contributed by atoms with Crippen LogP contribution in [0.5, 0.6) is 23.0 Å². The molecule has 0 spiro atoms. The van der Waals surface area contributed by atoms with Crippen molar-refractivity contribution >= 4 is 5.91 Å². The number of nitrogens with one attached hydrogen (secondary N) is 1. The SMILES string of the molecule is CCOc1ccccc1CNC(=O)c1cc(OCC)c(OCC)c(OCC)c1. The van der Waals surface area contributed by atoms with E-state index in [2.05, 4.69) is 5.32 Å². The molecule has 0 saturated carbocycles. The standard InChI is InChI=1S/C22H29NO5/c1-5-25-18-12-10-9-11-16(18)15-23-22(24)17-13-19(26-6-2)21(28-8-4)20(14-17)27-7-3/h9-14H,5-8,15H2,1-4H3,(H,23,24). The Hall–Kier alpha value is -2.89. The van der Waals surface area contributed by atoms with E-state index < -0.39 is 0 Å². The summed E-state index contributed by atoms with van der Waals surface area (Å²) in [5, 5.41) is 2.93. The largest absolute Gasteiger partial charge is 0.494 e. The zero-order valence-electron chi connectivity index (χ0n) is 17.0. The van der Waals surface area contributed by atoms with Crippen LogP contribution in [-0.4, -0.2) is 32.3 Å². The molecule has 28 heavy (non-hydrogen) atoms. The molecule has 2 aromatic rings. The molecule has 2 rings (SSSR count). The maximum absolute atomic E-state index is 12.8. The molecule has 6 nitrogen and oxygen atoms in total. The molecule has 0 heterocycles. The Kier molecular flexibility index (Phi) is 8.46. The molecule has 0 aliphatic rings. The molecule has 1 N–H and O–H groups in total. The lowest BCUT2D eigenvalue weighted by atomic mass is 10.1. The molecule has 2 aromatic carbocycles. The fraction of sp³-hybridized carbons (Fsp3) is 0.409. The van der Waals surface area contributed by atoms with Crippen LogP contribution < -0.4 is 24.3 Å². The van der Waals surface area contributed by atoms with Gasteiger partial charge in [-0.3, -0.25) is 4.79 Å². The van der Waals surface area contributed by atoms with Gasteiger partial charge in [0.25, 0.3) is 5.91 Å². The molecule has 0 aliphatic heterocycles. The van der Waals surface area contributed by atoms with Gasteiger partial charge in [-0.1, -0.05) is 18.2 Å². The molecule has 0 fully saturated rings. The van der Waals surface area contributed by atoms with E-state index in [0.717, 1.165) is 11.3 Å². The summed E-state index contributed by atoms with van der Waals surface area (Å²) in [5.41, 5.74) is 1.36. The van der Waals surface area contributed by atoms with Gasteiger partial charge in [0, 0.05) is 17.7 Å². The van der Waals surface area contributed by atoms with E-state index in [9.17, 15) is 4.79 Å². The van der Waals surface area contributed by atoms with Crippen LogP contribution in [0.1, 0.15) is 43.6 Å². The van der Waals surface area contributed by atoms with Crippen molar-refractivity contribution in [1.29, 1.82) is 0 Å². The smallest absolute Gasteiger partial charge is 0.251 e. The number of hydrogen-bond acceptors (Lipinski definition) is 5. The normalized spacial score (nSPS) is 10.3. The first-order valence-corrected chi connectivity index (χ1v) is 9.69. The van der Waals surface area contributed by atoms with Gasteiger partial charge in [0.05, 0.1) is 26.4 Å². The molecule has 0 radical (unpaired) electrons. The van der Waals surface area contributed by atoms with Gasteiger partial charge in [-0.25, -0.2) is 0 Å². The Morgan fingerprint density at radius 2 is 1.32 bits per heavy atom. The van der Waals surface area contributed by atoms with E-state index in [0.29, 0.717) is 55.8 Å². The summed E-state index contributed by atoms with van der Waals surface area (Å²) in [5.74, 6) is 2.05. The first kappa shape index (κ1) is 21.4. The Balaban J connectivity index is 2.24. The van der Waals surface area contributed by atoms with Gasteiger partial charge in [-0.2, -0.15) is 0 Å². The predicted octanol–water partition coefficient (Wildman–Crippen LogP) is 4.21. The monoisotopic (exact) mass is 387 g/mol. The van der Waals surface area contributed by atoms with Crippen LogP contribution in [0.2, 0.25) is 0 Å². The summed E-state index contributed by atoms with van der Waals surface area (Å²) in [6.45, 7) is 9.90. The molecule has 0 aliphatic carbocycles. The first-order valence-electron chi connectivity index (χ1n) is 9.69. The molecule has 152 valence electrons. The molecular formula is C22H29NO5. The lowest BCUT2D eigenvalue weighted by Gasteiger charge is -2.17. The second-order valence-electron chi connectivity index (χ2n) is 5.82. The molecule has 1 amide bonds. The zero-order chi connectivity index (χ0) is 20.4. The van der Waals surface area contributed by atoms with Gasteiger partial charge < -0.3 is 24.3 Å². The van der Waals surface area contributed by atoms with Crippen LogP contribution in [0, 0.1) is 0 Å². The number of benzene rings is 2. The second kappa shape index (κ2) is 11.1. The van der Waals surface area contributed by atoms with Crippen molar-refractivity contribution in [2.45, 2.75) is 34.2 Å². The summed E-state index contributed by atoms with van der Waals surface area (Å²) < 4.78 is 22.6. The van der Waals surface area contributed by atoms with Crippen LogP contribution >= 0.6 is 0 Å². The van der Waals surface area contributed by atoms with E-state index in [4.69, 9.17) is 18.9 Å².